The van der Waals surface area contributed by atoms with Gasteiger partial charge < -0.3 is 20.4 Å². The summed E-state index contributed by atoms with van der Waals surface area (Å²) < 4.78 is 4.48. The molecule has 6 heteroatoms. The zero-order chi connectivity index (χ0) is 12.8. The van der Waals surface area contributed by atoms with Gasteiger partial charge in [-0.2, -0.15) is 4.98 Å². The highest BCUT2D eigenvalue weighted by Crippen LogP contribution is 2.12. The third kappa shape index (κ3) is 4.72. The number of nitrogen functional groups attached to an aromatic ring is 1. The van der Waals surface area contributed by atoms with Crippen molar-refractivity contribution in [1.29, 1.82) is 0 Å². The molecule has 1 aliphatic heterocycles. The summed E-state index contributed by atoms with van der Waals surface area (Å²) in [5, 5.41) is 18.5. The third-order valence-electron chi connectivity index (χ3n) is 2.76. The van der Waals surface area contributed by atoms with Crippen LogP contribution in [0.15, 0.2) is 17.1 Å². The monoisotopic (exact) mass is 243 g/mol. The number of oxazole rings is 1. The summed E-state index contributed by atoms with van der Waals surface area (Å²) in [6.07, 6.45) is 2.30. The molecule has 2 unspecified atom stereocenters. The highest BCUT2D eigenvalue weighted by atomic mass is 16.3. The Hall–Kier alpha value is -1.11. The van der Waals surface area contributed by atoms with Gasteiger partial charge >= 0.3 is 0 Å². The van der Waals surface area contributed by atoms with E-state index in [1.54, 1.807) is 0 Å². The number of likely N-dealkylation sites (tertiary alicyclic amines) is 1. The predicted molar refractivity (Wildman–Crippen MR) is 64.3 cm³/mol. The topological polar surface area (TPSA) is 95.8 Å². The molecule has 1 aromatic heterocycles. The second kappa shape index (κ2) is 6.58. The number of piperidine rings is 1. The average molecular weight is 243 g/mol. The highest BCUT2D eigenvalue weighted by Gasteiger charge is 2.26. The van der Waals surface area contributed by atoms with Crippen molar-refractivity contribution in [1.82, 2.24) is 9.88 Å². The fourth-order valence-electron chi connectivity index (χ4n) is 1.63. The molecule has 17 heavy (non-hydrogen) atoms. The van der Waals surface area contributed by atoms with Gasteiger partial charge in [-0.25, -0.2) is 0 Å². The normalized spacial score (nSPS) is 25.5. The van der Waals surface area contributed by atoms with Crippen molar-refractivity contribution in [2.24, 2.45) is 0 Å². The molecule has 0 radical (unpaired) electrons. The fourth-order valence-corrected chi connectivity index (χ4v) is 1.63. The number of nitrogens with two attached hydrogens (primary N) is 1. The van der Waals surface area contributed by atoms with Crippen LogP contribution in [0, 0.1) is 0 Å². The molecule has 0 saturated carbocycles. The fraction of sp³-hybridized carbons (Fsp3) is 0.727. The molecule has 6 nitrogen and oxygen atoms in total. The zero-order valence-corrected chi connectivity index (χ0v) is 10.3. The summed E-state index contributed by atoms with van der Waals surface area (Å²) >= 11 is 0. The smallest absolute Gasteiger partial charge is 0.182 e. The minimum absolute atomic E-state index is 0.426. The molecule has 2 rings (SSSR count). The number of aromatic nitrogens is 1. The SMILES string of the molecule is CC(C)N1CCC(O)C(O)C1.Nc1cocn1. The van der Waals surface area contributed by atoms with Gasteiger partial charge in [0.2, 0.25) is 0 Å². The van der Waals surface area contributed by atoms with Gasteiger partial charge in [-0.05, 0) is 20.3 Å². The molecule has 1 fully saturated rings. The van der Waals surface area contributed by atoms with Gasteiger partial charge in [0.1, 0.15) is 6.26 Å². The maximum Gasteiger partial charge on any atom is 0.182 e. The van der Waals surface area contributed by atoms with E-state index in [1.165, 1.54) is 12.7 Å². The Bertz CT molecular complexity index is 303. The number of aliphatic hydroxyl groups excluding tert-OH is 2. The van der Waals surface area contributed by atoms with Gasteiger partial charge in [-0.15, -0.1) is 0 Å². The van der Waals surface area contributed by atoms with E-state index in [9.17, 15) is 10.2 Å². The van der Waals surface area contributed by atoms with Gasteiger partial charge in [0.25, 0.3) is 0 Å². The number of hydrogen-bond donors (Lipinski definition) is 3. The average Bonchev–Trinajstić information content (AvgIpc) is 2.74. The molecule has 98 valence electrons. The van der Waals surface area contributed by atoms with E-state index in [0.29, 0.717) is 24.8 Å². The lowest BCUT2D eigenvalue weighted by atomic mass is 10.0. The van der Waals surface area contributed by atoms with Crippen LogP contribution in [-0.4, -0.2) is 51.4 Å². The first-order valence-electron chi connectivity index (χ1n) is 5.74. The van der Waals surface area contributed by atoms with E-state index in [0.717, 1.165) is 6.54 Å². The summed E-state index contributed by atoms with van der Waals surface area (Å²) in [5.74, 6) is 0.426. The second-order valence-corrected chi connectivity index (χ2v) is 4.43. The molecule has 1 aromatic rings. The molecule has 1 aliphatic rings. The van der Waals surface area contributed by atoms with Crippen molar-refractivity contribution in [3.8, 4) is 0 Å². The molecule has 0 aromatic carbocycles. The Morgan fingerprint density at radius 2 is 2.18 bits per heavy atom. The zero-order valence-electron chi connectivity index (χ0n) is 10.3. The lowest BCUT2D eigenvalue weighted by Crippen LogP contribution is -2.49. The molecule has 0 spiro atoms. The van der Waals surface area contributed by atoms with Crippen LogP contribution in [0.5, 0.6) is 0 Å². The van der Waals surface area contributed by atoms with Crippen LogP contribution in [0.4, 0.5) is 5.82 Å². The maximum absolute atomic E-state index is 9.31. The highest BCUT2D eigenvalue weighted by molar-refractivity contribution is 5.18. The molecule has 0 amide bonds. The van der Waals surface area contributed by atoms with Gasteiger partial charge in [0.15, 0.2) is 12.2 Å². The number of aliphatic hydroxyl groups is 2. The molecule has 0 bridgehead atoms. The molecular weight excluding hydrogens is 222 g/mol. The summed E-state index contributed by atoms with van der Waals surface area (Å²) in [4.78, 5) is 5.71. The van der Waals surface area contributed by atoms with E-state index in [-0.39, 0.29) is 0 Å². The molecule has 4 N–H and O–H groups in total. The van der Waals surface area contributed by atoms with Crippen molar-refractivity contribution in [2.75, 3.05) is 18.8 Å². The molecule has 1 saturated heterocycles. The lowest BCUT2D eigenvalue weighted by molar-refractivity contribution is -0.0456. The van der Waals surface area contributed by atoms with Gasteiger partial charge in [0, 0.05) is 19.1 Å². The number of anilines is 1. The Morgan fingerprint density at radius 1 is 1.47 bits per heavy atom. The Labute approximate surface area is 101 Å². The summed E-state index contributed by atoms with van der Waals surface area (Å²) in [5.41, 5.74) is 5.07. The number of β-amino-alcohol motifs (C(OH)–C–C–N with tert-alkyl or cyclic N) is 1. The quantitative estimate of drug-likeness (QED) is 0.646. The number of rotatable bonds is 1. The largest absolute Gasteiger partial charge is 0.449 e. The van der Waals surface area contributed by atoms with E-state index >= 15 is 0 Å². The molecule has 2 heterocycles. The van der Waals surface area contributed by atoms with Crippen LogP contribution in [0.3, 0.4) is 0 Å². The van der Waals surface area contributed by atoms with Gasteiger partial charge in [-0.3, -0.25) is 4.90 Å². The van der Waals surface area contributed by atoms with Crippen molar-refractivity contribution in [2.45, 2.75) is 38.5 Å². The van der Waals surface area contributed by atoms with E-state index in [2.05, 4.69) is 28.1 Å². The van der Waals surface area contributed by atoms with Gasteiger partial charge in [-0.1, -0.05) is 0 Å². The van der Waals surface area contributed by atoms with Crippen LogP contribution < -0.4 is 5.73 Å². The Morgan fingerprint density at radius 3 is 2.53 bits per heavy atom. The predicted octanol–water partition coefficient (Wildman–Crippen LogP) is 0.0791. The number of nitrogens with zero attached hydrogens (tertiary/aromatic N) is 2. The van der Waals surface area contributed by atoms with Gasteiger partial charge in [0.05, 0.1) is 12.2 Å². The van der Waals surface area contributed by atoms with Crippen molar-refractivity contribution >= 4 is 5.82 Å². The molecule has 2 atom stereocenters. The first-order chi connectivity index (χ1) is 8.00. The summed E-state index contributed by atoms with van der Waals surface area (Å²) in [6, 6.07) is 0.470. The summed E-state index contributed by atoms with van der Waals surface area (Å²) in [7, 11) is 0. The van der Waals surface area contributed by atoms with E-state index in [1.807, 2.05) is 0 Å². The van der Waals surface area contributed by atoms with Crippen molar-refractivity contribution < 1.29 is 14.6 Å². The number of hydrogen-bond acceptors (Lipinski definition) is 6. The third-order valence-corrected chi connectivity index (χ3v) is 2.76. The Balaban J connectivity index is 0.000000202. The van der Waals surface area contributed by atoms with Crippen molar-refractivity contribution in [3.05, 3.63) is 12.7 Å². The van der Waals surface area contributed by atoms with Crippen LogP contribution in [-0.2, 0) is 0 Å². The van der Waals surface area contributed by atoms with Crippen molar-refractivity contribution in [3.63, 3.8) is 0 Å². The maximum atomic E-state index is 9.31. The molecular formula is C11H21N3O3. The van der Waals surface area contributed by atoms with Crippen LogP contribution >= 0.6 is 0 Å². The van der Waals surface area contributed by atoms with E-state index < -0.39 is 12.2 Å². The van der Waals surface area contributed by atoms with Crippen LogP contribution in [0.1, 0.15) is 20.3 Å². The first-order valence-corrected chi connectivity index (χ1v) is 5.74. The minimum atomic E-state index is -0.550. The van der Waals surface area contributed by atoms with Crippen LogP contribution in [0.2, 0.25) is 0 Å². The standard InChI is InChI=1S/C8H17NO2.C3H4N2O/c1-6(2)9-4-3-7(10)8(11)5-9;4-3-1-6-2-5-3/h6-8,10-11H,3-5H2,1-2H3;1-2H,4H2. The Kier molecular flexibility index (Phi) is 5.40. The summed E-state index contributed by atoms with van der Waals surface area (Å²) in [6.45, 7) is 5.71. The first kappa shape index (κ1) is 14.0. The molecule has 0 aliphatic carbocycles. The lowest BCUT2D eigenvalue weighted by Gasteiger charge is -2.35. The van der Waals surface area contributed by atoms with Crippen LogP contribution in [0.25, 0.3) is 0 Å². The second-order valence-electron chi connectivity index (χ2n) is 4.43. The minimum Gasteiger partial charge on any atom is -0.449 e. The van der Waals surface area contributed by atoms with E-state index in [4.69, 9.17) is 5.73 Å².